The maximum absolute atomic E-state index is 15.1. The number of halogens is 10. The van der Waals surface area contributed by atoms with E-state index in [0.717, 1.165) is 25.7 Å². The molecular formula is C26H36F10O3S. The fourth-order valence-corrected chi connectivity index (χ4v) is 7.23. The fraction of sp³-hybridized carbons (Fsp3) is 1.00. The maximum atomic E-state index is 15.1. The molecular weight excluding hydrogens is 582 g/mol. The third-order valence-corrected chi connectivity index (χ3v) is 9.47. The average Bonchev–Trinajstić information content (AvgIpc) is 2.85. The predicted octanol–water partition coefficient (Wildman–Crippen LogP) is 7.66. The Morgan fingerprint density at radius 1 is 0.700 bits per heavy atom. The van der Waals surface area contributed by atoms with E-state index in [2.05, 4.69) is 22.1 Å². The van der Waals surface area contributed by atoms with Gasteiger partial charge in [0.2, 0.25) is 0 Å². The molecule has 0 bridgehead atoms. The van der Waals surface area contributed by atoms with Crippen LogP contribution >= 0.6 is 12.6 Å². The Morgan fingerprint density at radius 3 is 1.75 bits per heavy atom. The molecule has 40 heavy (non-hydrogen) atoms. The summed E-state index contributed by atoms with van der Waals surface area (Å²) in [4.78, 5) is 0. The first-order valence-corrected chi connectivity index (χ1v) is 14.4. The molecule has 0 radical (unpaired) electrons. The van der Waals surface area contributed by atoms with E-state index in [1.807, 2.05) is 0 Å². The van der Waals surface area contributed by atoms with E-state index in [-0.39, 0.29) is 30.1 Å². The first-order chi connectivity index (χ1) is 18.7. The van der Waals surface area contributed by atoms with Gasteiger partial charge in [-0.25, -0.2) is 22.0 Å². The van der Waals surface area contributed by atoms with Crippen LogP contribution in [0.25, 0.3) is 0 Å². The van der Waals surface area contributed by atoms with Crippen molar-refractivity contribution in [2.45, 2.75) is 131 Å². The molecule has 0 aromatic carbocycles. The standard InChI is InChI=1S/C26H36F10O3S/c27-17-7-14(12-1-3-13(4-2-12)21-6-5-16(40)11-37-21)8-18(28)22(17)26(35,36)39-15-9-19(29)23(20(30)10-15)38-24(31)25(32,33)34/h12-24,40H,1-11H2. The molecule has 7 unspecified atom stereocenters. The van der Waals surface area contributed by atoms with Crippen molar-refractivity contribution < 1.29 is 58.1 Å². The highest BCUT2D eigenvalue weighted by molar-refractivity contribution is 7.81. The lowest BCUT2D eigenvalue weighted by molar-refractivity contribution is -0.330. The van der Waals surface area contributed by atoms with Crippen LogP contribution in [0.5, 0.6) is 0 Å². The van der Waals surface area contributed by atoms with E-state index in [0.29, 0.717) is 25.4 Å². The van der Waals surface area contributed by atoms with Crippen molar-refractivity contribution in [1.82, 2.24) is 0 Å². The van der Waals surface area contributed by atoms with Gasteiger partial charge in [0.25, 0.3) is 6.36 Å². The van der Waals surface area contributed by atoms with Crippen LogP contribution in [0.2, 0.25) is 0 Å². The zero-order valence-electron chi connectivity index (χ0n) is 21.7. The normalized spacial score (nSPS) is 44.8. The summed E-state index contributed by atoms with van der Waals surface area (Å²) in [6.07, 6.45) is -25.6. The van der Waals surface area contributed by atoms with E-state index in [1.54, 1.807) is 0 Å². The first kappa shape index (κ1) is 32.4. The minimum atomic E-state index is -5.52. The zero-order valence-corrected chi connectivity index (χ0v) is 22.6. The Labute approximate surface area is 232 Å². The van der Waals surface area contributed by atoms with Gasteiger partial charge in [0, 0.05) is 18.1 Å². The molecule has 1 saturated heterocycles. The molecule has 1 heterocycles. The third-order valence-electron chi connectivity index (χ3n) is 9.07. The molecule has 4 fully saturated rings. The lowest BCUT2D eigenvalue weighted by Crippen LogP contribution is -2.53. The lowest BCUT2D eigenvalue weighted by atomic mass is 9.67. The lowest BCUT2D eigenvalue weighted by Gasteiger charge is -2.44. The molecule has 4 rings (SSSR count). The molecule has 0 aromatic heterocycles. The number of hydrogen-bond donors (Lipinski definition) is 1. The highest BCUT2D eigenvalue weighted by Gasteiger charge is 2.57. The van der Waals surface area contributed by atoms with Crippen molar-refractivity contribution in [3.63, 3.8) is 0 Å². The Morgan fingerprint density at radius 2 is 1.25 bits per heavy atom. The summed E-state index contributed by atoms with van der Waals surface area (Å²) in [6.45, 7) is 0.588. The Kier molecular flexibility index (Phi) is 10.6. The van der Waals surface area contributed by atoms with Crippen LogP contribution < -0.4 is 0 Å². The molecule has 3 aliphatic carbocycles. The highest BCUT2D eigenvalue weighted by atomic mass is 32.1. The van der Waals surface area contributed by atoms with Gasteiger partial charge in [0.1, 0.15) is 36.7 Å². The van der Waals surface area contributed by atoms with E-state index in [9.17, 15) is 35.1 Å². The topological polar surface area (TPSA) is 27.7 Å². The van der Waals surface area contributed by atoms with Crippen LogP contribution in [0.4, 0.5) is 43.9 Å². The molecule has 4 aliphatic rings. The number of hydrogen-bond acceptors (Lipinski definition) is 4. The monoisotopic (exact) mass is 618 g/mol. The largest absolute Gasteiger partial charge is 0.445 e. The van der Waals surface area contributed by atoms with Gasteiger partial charge < -0.3 is 14.2 Å². The molecule has 1 aliphatic heterocycles. The second-order valence-corrected chi connectivity index (χ2v) is 12.6. The van der Waals surface area contributed by atoms with Gasteiger partial charge in [-0.1, -0.05) is 0 Å². The van der Waals surface area contributed by atoms with Crippen molar-refractivity contribution in [1.29, 1.82) is 0 Å². The van der Waals surface area contributed by atoms with E-state index in [4.69, 9.17) is 4.74 Å². The van der Waals surface area contributed by atoms with Gasteiger partial charge in [-0.05, 0) is 69.1 Å². The van der Waals surface area contributed by atoms with Gasteiger partial charge in [-0.15, -0.1) is 0 Å². The highest BCUT2D eigenvalue weighted by Crippen LogP contribution is 2.49. The number of alkyl halides is 10. The summed E-state index contributed by atoms with van der Waals surface area (Å²) < 4.78 is 153. The van der Waals surface area contributed by atoms with Crippen LogP contribution in [-0.2, 0) is 14.2 Å². The molecule has 0 aromatic rings. The Bertz CT molecular complexity index is 782. The molecule has 3 saturated carbocycles. The smallest absolute Gasteiger partial charge is 0.377 e. The minimum Gasteiger partial charge on any atom is -0.377 e. The minimum absolute atomic E-state index is 0.0182. The van der Waals surface area contributed by atoms with Crippen molar-refractivity contribution >= 4 is 12.6 Å². The second-order valence-electron chi connectivity index (χ2n) is 11.8. The number of rotatable bonds is 7. The van der Waals surface area contributed by atoms with E-state index < -0.39 is 80.2 Å². The zero-order chi connectivity index (χ0) is 29.4. The number of thiol groups is 1. The Hall–Kier alpha value is -0.470. The van der Waals surface area contributed by atoms with Crippen molar-refractivity contribution in [3.05, 3.63) is 0 Å². The van der Waals surface area contributed by atoms with Gasteiger partial charge in [-0.3, -0.25) is 0 Å². The summed E-state index contributed by atoms with van der Waals surface area (Å²) in [6, 6.07) is 0. The maximum Gasteiger partial charge on any atom is 0.445 e. The summed E-state index contributed by atoms with van der Waals surface area (Å²) in [5.41, 5.74) is 0. The molecule has 234 valence electrons. The summed E-state index contributed by atoms with van der Waals surface area (Å²) in [7, 11) is 0. The van der Waals surface area contributed by atoms with Crippen molar-refractivity contribution in [2.75, 3.05) is 6.61 Å². The molecule has 7 atom stereocenters. The van der Waals surface area contributed by atoms with Crippen molar-refractivity contribution in [2.24, 2.45) is 23.7 Å². The molecule has 14 heteroatoms. The first-order valence-electron chi connectivity index (χ1n) is 13.9. The van der Waals surface area contributed by atoms with Crippen LogP contribution in [0.1, 0.15) is 64.2 Å². The van der Waals surface area contributed by atoms with E-state index in [1.165, 1.54) is 0 Å². The van der Waals surface area contributed by atoms with Gasteiger partial charge >= 0.3 is 12.3 Å². The van der Waals surface area contributed by atoms with Crippen LogP contribution in [-0.4, -0.2) is 73.5 Å². The third kappa shape index (κ3) is 7.72. The van der Waals surface area contributed by atoms with E-state index >= 15 is 8.78 Å². The summed E-state index contributed by atoms with van der Waals surface area (Å²) in [5.74, 6) is -2.60. The molecule has 3 nitrogen and oxygen atoms in total. The van der Waals surface area contributed by atoms with Gasteiger partial charge in [0.15, 0.2) is 0 Å². The fourth-order valence-electron chi connectivity index (χ4n) is 6.99. The summed E-state index contributed by atoms with van der Waals surface area (Å²) in [5, 5.41) is 0.223. The quantitative estimate of drug-likeness (QED) is 0.235. The van der Waals surface area contributed by atoms with Gasteiger partial charge in [0.05, 0.1) is 18.8 Å². The molecule has 0 N–H and O–H groups in total. The van der Waals surface area contributed by atoms with Crippen LogP contribution in [0.15, 0.2) is 0 Å². The average molecular weight is 619 g/mol. The Balaban J connectivity index is 1.28. The predicted molar refractivity (Wildman–Crippen MR) is 128 cm³/mol. The SMILES string of the molecule is FC1CC(OC(F)(F)C2C(F)CC(C3CCC(C4CCC(S)CO4)CC3)CC2F)CC(F)C1OC(F)C(F)(F)F. The van der Waals surface area contributed by atoms with Crippen LogP contribution in [0, 0.1) is 23.7 Å². The second kappa shape index (κ2) is 13.0. The van der Waals surface area contributed by atoms with Crippen molar-refractivity contribution in [3.8, 4) is 0 Å². The molecule has 0 amide bonds. The molecule has 0 spiro atoms. The van der Waals surface area contributed by atoms with Crippen LogP contribution in [0.3, 0.4) is 0 Å². The number of ether oxygens (including phenoxy) is 3. The van der Waals surface area contributed by atoms with Gasteiger partial charge in [-0.2, -0.15) is 34.6 Å². The summed E-state index contributed by atoms with van der Waals surface area (Å²) >= 11 is 4.42.